The molecule has 1 aromatic rings. The molecule has 0 saturated heterocycles. The van der Waals surface area contributed by atoms with Gasteiger partial charge in [-0.3, -0.25) is 19.4 Å². The van der Waals surface area contributed by atoms with Gasteiger partial charge in [-0.25, -0.2) is 0 Å². The third-order valence-electron chi connectivity index (χ3n) is 3.74. The molecule has 4 nitrogen and oxygen atoms in total. The summed E-state index contributed by atoms with van der Waals surface area (Å²) >= 11 is 0. The van der Waals surface area contributed by atoms with Crippen molar-refractivity contribution in [1.82, 2.24) is 9.80 Å². The molecule has 0 aliphatic carbocycles. The fourth-order valence-corrected chi connectivity index (χ4v) is 1.78. The van der Waals surface area contributed by atoms with Crippen LogP contribution in [0.4, 0.5) is 0 Å². The first-order valence-electron chi connectivity index (χ1n) is 6.77. The van der Waals surface area contributed by atoms with Crippen LogP contribution in [0.2, 0.25) is 0 Å². The fraction of sp³-hybridized carbons (Fsp3) is 0.500. The van der Waals surface area contributed by atoms with E-state index in [0.29, 0.717) is 11.1 Å². The predicted octanol–water partition coefficient (Wildman–Crippen LogP) is 1.95. The lowest BCUT2D eigenvalue weighted by atomic mass is 9.98. The smallest absolute Gasteiger partial charge is 0.179 e. The van der Waals surface area contributed by atoms with E-state index in [1.165, 1.54) is 0 Å². The second-order valence-corrected chi connectivity index (χ2v) is 5.59. The van der Waals surface area contributed by atoms with Gasteiger partial charge in [-0.05, 0) is 48.1 Å². The van der Waals surface area contributed by atoms with Crippen molar-refractivity contribution >= 4 is 11.6 Å². The summed E-state index contributed by atoms with van der Waals surface area (Å²) < 4.78 is 0. The van der Waals surface area contributed by atoms with Crippen molar-refractivity contribution in [2.45, 2.75) is 25.9 Å². The van der Waals surface area contributed by atoms with Crippen LogP contribution in [0.15, 0.2) is 24.3 Å². The summed E-state index contributed by atoms with van der Waals surface area (Å²) in [4.78, 5) is 28.3. The number of ketones is 2. The summed E-state index contributed by atoms with van der Waals surface area (Å²) in [5.74, 6) is 0.0595. The first-order chi connectivity index (χ1) is 9.25. The van der Waals surface area contributed by atoms with Crippen molar-refractivity contribution in [2.24, 2.45) is 0 Å². The Labute approximate surface area is 121 Å². The van der Waals surface area contributed by atoms with Crippen molar-refractivity contribution in [3.05, 3.63) is 35.4 Å². The Balaban J connectivity index is 3.02. The van der Waals surface area contributed by atoms with Crippen LogP contribution in [-0.4, -0.2) is 61.6 Å². The Morgan fingerprint density at radius 3 is 1.50 bits per heavy atom. The van der Waals surface area contributed by atoms with Crippen LogP contribution in [-0.2, 0) is 0 Å². The van der Waals surface area contributed by atoms with E-state index < -0.39 is 0 Å². The van der Waals surface area contributed by atoms with Gasteiger partial charge in [0.15, 0.2) is 11.6 Å². The second kappa shape index (κ2) is 6.77. The summed E-state index contributed by atoms with van der Waals surface area (Å²) in [5, 5.41) is 0. The van der Waals surface area contributed by atoms with Crippen LogP contribution < -0.4 is 0 Å². The van der Waals surface area contributed by atoms with Gasteiger partial charge in [-0.1, -0.05) is 18.2 Å². The van der Waals surface area contributed by atoms with Gasteiger partial charge in [-0.2, -0.15) is 0 Å². The van der Waals surface area contributed by atoms with E-state index >= 15 is 0 Å². The summed E-state index contributed by atoms with van der Waals surface area (Å²) in [6.45, 7) is 3.72. The quantitative estimate of drug-likeness (QED) is 0.745. The van der Waals surface area contributed by atoms with Crippen LogP contribution in [0.25, 0.3) is 0 Å². The molecule has 1 rings (SSSR count). The van der Waals surface area contributed by atoms with Crippen molar-refractivity contribution < 1.29 is 9.59 Å². The van der Waals surface area contributed by atoms with Gasteiger partial charge in [0.1, 0.15) is 0 Å². The molecule has 0 bridgehead atoms. The third kappa shape index (κ3) is 3.74. The molecule has 2 atom stereocenters. The summed E-state index contributed by atoms with van der Waals surface area (Å²) in [7, 11) is 7.47. The fourth-order valence-electron chi connectivity index (χ4n) is 1.78. The molecule has 0 radical (unpaired) electrons. The van der Waals surface area contributed by atoms with Gasteiger partial charge >= 0.3 is 0 Å². The average molecular weight is 276 g/mol. The van der Waals surface area contributed by atoms with E-state index in [2.05, 4.69) is 0 Å². The number of carbonyl (C=O) groups is 2. The second-order valence-electron chi connectivity index (χ2n) is 5.59. The largest absolute Gasteiger partial charge is 0.300 e. The van der Waals surface area contributed by atoms with Crippen LogP contribution >= 0.6 is 0 Å². The number of hydrogen-bond donors (Lipinski definition) is 0. The lowest BCUT2D eigenvalue weighted by molar-refractivity contribution is 0.0890. The van der Waals surface area contributed by atoms with Crippen molar-refractivity contribution in [2.75, 3.05) is 28.2 Å². The number of carbonyl (C=O) groups excluding carboxylic acids is 2. The molecule has 0 spiro atoms. The first-order valence-corrected chi connectivity index (χ1v) is 6.77. The molecule has 0 heterocycles. The standard InChI is InChI=1S/C16H24N2O2/c1-11(17(3)4)15(19)13-8-7-9-14(10-13)16(20)12(2)18(5)6/h7-12H,1-6H3. The zero-order valence-electron chi connectivity index (χ0n) is 13.2. The van der Waals surface area contributed by atoms with E-state index in [-0.39, 0.29) is 23.7 Å². The van der Waals surface area contributed by atoms with Gasteiger partial charge in [0.05, 0.1) is 12.1 Å². The molecule has 0 saturated carbocycles. The number of nitrogens with zero attached hydrogens (tertiary/aromatic N) is 2. The highest BCUT2D eigenvalue weighted by atomic mass is 16.1. The Hall–Kier alpha value is -1.52. The minimum Gasteiger partial charge on any atom is -0.300 e. The van der Waals surface area contributed by atoms with Crippen molar-refractivity contribution in [1.29, 1.82) is 0 Å². The minimum absolute atomic E-state index is 0.0298. The summed E-state index contributed by atoms with van der Waals surface area (Å²) in [6.07, 6.45) is 0. The van der Waals surface area contributed by atoms with Gasteiger partial charge in [0, 0.05) is 11.1 Å². The molecule has 0 amide bonds. The first kappa shape index (κ1) is 16.5. The number of likely N-dealkylation sites (N-methyl/N-ethyl adjacent to an activating group) is 2. The maximum atomic E-state index is 12.3. The lowest BCUT2D eigenvalue weighted by Crippen LogP contribution is -2.34. The molecular formula is C16H24N2O2. The van der Waals surface area contributed by atoms with Crippen molar-refractivity contribution in [3.8, 4) is 0 Å². The summed E-state index contributed by atoms with van der Waals surface area (Å²) in [6, 6.07) is 6.59. The summed E-state index contributed by atoms with van der Waals surface area (Å²) in [5.41, 5.74) is 1.17. The number of hydrogen-bond acceptors (Lipinski definition) is 4. The molecule has 0 aromatic heterocycles. The van der Waals surface area contributed by atoms with E-state index in [1.54, 1.807) is 24.3 Å². The van der Waals surface area contributed by atoms with Crippen LogP contribution in [0.5, 0.6) is 0 Å². The molecule has 20 heavy (non-hydrogen) atoms. The number of rotatable bonds is 6. The predicted molar refractivity (Wildman–Crippen MR) is 81.4 cm³/mol. The molecule has 0 N–H and O–H groups in total. The molecule has 0 fully saturated rings. The Bertz CT molecular complexity index is 454. The molecule has 4 heteroatoms. The van der Waals surface area contributed by atoms with E-state index in [4.69, 9.17) is 0 Å². The number of benzene rings is 1. The minimum atomic E-state index is -0.202. The van der Waals surface area contributed by atoms with Crippen LogP contribution in [0.3, 0.4) is 0 Å². The Kier molecular flexibility index (Phi) is 5.60. The van der Waals surface area contributed by atoms with Gasteiger partial charge in [-0.15, -0.1) is 0 Å². The van der Waals surface area contributed by atoms with Gasteiger partial charge in [0.2, 0.25) is 0 Å². The normalized spacial score (nSPS) is 14.4. The third-order valence-corrected chi connectivity index (χ3v) is 3.74. The topological polar surface area (TPSA) is 40.6 Å². The number of Topliss-reactive ketones (excluding diaryl/α,β-unsaturated/α-hetero) is 2. The highest BCUT2D eigenvalue weighted by molar-refractivity contribution is 6.04. The zero-order valence-corrected chi connectivity index (χ0v) is 13.2. The molecule has 1 aromatic carbocycles. The molecule has 0 aliphatic heterocycles. The highest BCUT2D eigenvalue weighted by Gasteiger charge is 2.21. The lowest BCUT2D eigenvalue weighted by Gasteiger charge is -2.20. The van der Waals surface area contributed by atoms with E-state index in [1.807, 2.05) is 51.8 Å². The van der Waals surface area contributed by atoms with E-state index in [0.717, 1.165) is 0 Å². The molecule has 110 valence electrons. The van der Waals surface area contributed by atoms with Gasteiger partial charge in [0.25, 0.3) is 0 Å². The average Bonchev–Trinajstić information content (AvgIpc) is 2.43. The highest BCUT2D eigenvalue weighted by Crippen LogP contribution is 2.13. The Morgan fingerprint density at radius 1 is 0.850 bits per heavy atom. The van der Waals surface area contributed by atoms with Crippen LogP contribution in [0.1, 0.15) is 34.6 Å². The Morgan fingerprint density at radius 2 is 1.20 bits per heavy atom. The van der Waals surface area contributed by atoms with Crippen molar-refractivity contribution in [3.63, 3.8) is 0 Å². The zero-order chi connectivity index (χ0) is 15.4. The van der Waals surface area contributed by atoms with Crippen LogP contribution in [0, 0.1) is 0 Å². The maximum Gasteiger partial charge on any atom is 0.179 e. The van der Waals surface area contributed by atoms with Gasteiger partial charge < -0.3 is 0 Å². The monoisotopic (exact) mass is 276 g/mol. The van der Waals surface area contributed by atoms with E-state index in [9.17, 15) is 9.59 Å². The maximum absolute atomic E-state index is 12.3. The molecular weight excluding hydrogens is 252 g/mol. The molecule has 0 aliphatic rings. The SMILES string of the molecule is CC(C(=O)c1cccc(C(=O)C(C)N(C)C)c1)N(C)C. The molecule has 2 unspecified atom stereocenters.